The van der Waals surface area contributed by atoms with Gasteiger partial charge in [-0.2, -0.15) is 5.10 Å². The van der Waals surface area contributed by atoms with Gasteiger partial charge in [0.2, 0.25) is 0 Å². The smallest absolute Gasteiger partial charge is 0.0704 e. The summed E-state index contributed by atoms with van der Waals surface area (Å²) < 4.78 is 5.39. The summed E-state index contributed by atoms with van der Waals surface area (Å²) in [6, 6.07) is 16.6. The van der Waals surface area contributed by atoms with Gasteiger partial charge in [-0.25, -0.2) is 0 Å². The highest BCUT2D eigenvalue weighted by molar-refractivity contribution is 6.00. The number of ether oxygens (including phenoxy) is 1. The highest BCUT2D eigenvalue weighted by Gasteiger charge is 2.23. The number of benzene rings is 2. The number of methoxy groups -OCH3 is 1. The van der Waals surface area contributed by atoms with Crippen LogP contribution in [0.3, 0.4) is 0 Å². The number of hydrazone groups is 1. The van der Waals surface area contributed by atoms with Gasteiger partial charge in [-0.15, -0.1) is 0 Å². The third-order valence-corrected chi connectivity index (χ3v) is 5.96. The molecule has 1 atom stereocenters. The monoisotopic (exact) mass is 362 g/mol. The van der Waals surface area contributed by atoms with Gasteiger partial charge in [-0.05, 0) is 73.8 Å². The van der Waals surface area contributed by atoms with Crippen LogP contribution in [0.2, 0.25) is 0 Å². The van der Waals surface area contributed by atoms with E-state index in [-0.39, 0.29) is 0 Å². The van der Waals surface area contributed by atoms with E-state index in [4.69, 9.17) is 9.84 Å². The topological polar surface area (TPSA) is 24.8 Å². The van der Waals surface area contributed by atoms with E-state index in [1.165, 1.54) is 40.7 Å². The lowest BCUT2D eigenvalue weighted by molar-refractivity contribution is 0.118. The Bertz CT molecular complexity index is 810. The molecule has 1 aliphatic heterocycles. The first kappa shape index (κ1) is 18.2. The molecule has 5 aliphatic rings. The highest BCUT2D eigenvalue weighted by atomic mass is 16.5. The fourth-order valence-corrected chi connectivity index (χ4v) is 4.33. The van der Waals surface area contributed by atoms with E-state index in [1.54, 1.807) is 7.11 Å². The SMILES string of the molecule is COC[C@@H]1CCCN1/N=C(\C)c1cc2ccc1CCc1ccc(cc1)CC2. The number of hydrogen-bond donors (Lipinski definition) is 0. The van der Waals surface area contributed by atoms with Crippen LogP contribution in [0.15, 0.2) is 47.6 Å². The molecule has 0 saturated carbocycles. The Hall–Kier alpha value is -2.13. The second kappa shape index (κ2) is 8.26. The molecule has 0 spiro atoms. The minimum absolute atomic E-state index is 0.417. The largest absolute Gasteiger partial charge is 0.382 e. The summed E-state index contributed by atoms with van der Waals surface area (Å²) in [7, 11) is 1.78. The summed E-state index contributed by atoms with van der Waals surface area (Å²) in [5.41, 5.74) is 8.12. The maximum absolute atomic E-state index is 5.39. The minimum atomic E-state index is 0.417. The molecule has 27 heavy (non-hydrogen) atoms. The Morgan fingerprint density at radius 1 is 1.00 bits per heavy atom. The molecular weight excluding hydrogens is 332 g/mol. The summed E-state index contributed by atoms with van der Waals surface area (Å²) in [6.07, 6.45) is 6.69. The van der Waals surface area contributed by atoms with Crippen molar-refractivity contribution in [3.8, 4) is 0 Å². The fraction of sp³-hybridized carbons (Fsp3) is 0.458. The van der Waals surface area contributed by atoms with E-state index in [0.29, 0.717) is 6.04 Å². The van der Waals surface area contributed by atoms with Gasteiger partial charge in [-0.3, -0.25) is 5.01 Å². The van der Waals surface area contributed by atoms with Crippen LogP contribution in [0.4, 0.5) is 0 Å². The Kier molecular flexibility index (Phi) is 5.58. The minimum Gasteiger partial charge on any atom is -0.382 e. The van der Waals surface area contributed by atoms with Gasteiger partial charge in [0.05, 0.1) is 18.4 Å². The average Bonchev–Trinajstić information content (AvgIpc) is 3.11. The zero-order valence-corrected chi connectivity index (χ0v) is 16.6. The molecule has 4 aliphatic carbocycles. The zero-order valence-electron chi connectivity index (χ0n) is 16.6. The molecule has 0 radical (unpaired) electrons. The van der Waals surface area contributed by atoms with Crippen LogP contribution in [-0.4, -0.2) is 37.0 Å². The molecule has 7 rings (SSSR count). The van der Waals surface area contributed by atoms with Crippen molar-refractivity contribution in [2.24, 2.45) is 5.10 Å². The summed E-state index contributed by atoms with van der Waals surface area (Å²) in [5, 5.41) is 7.27. The molecule has 1 fully saturated rings. The van der Waals surface area contributed by atoms with Crippen LogP contribution in [0.25, 0.3) is 0 Å². The molecule has 142 valence electrons. The van der Waals surface area contributed by atoms with E-state index in [1.807, 2.05) is 0 Å². The lowest BCUT2D eigenvalue weighted by atomic mass is 9.92. The van der Waals surface area contributed by atoms with Gasteiger partial charge in [-0.1, -0.05) is 36.4 Å². The van der Waals surface area contributed by atoms with Gasteiger partial charge >= 0.3 is 0 Å². The molecule has 3 nitrogen and oxygen atoms in total. The lowest BCUT2D eigenvalue weighted by Crippen LogP contribution is -2.29. The van der Waals surface area contributed by atoms with Crippen molar-refractivity contribution in [3.63, 3.8) is 0 Å². The van der Waals surface area contributed by atoms with Crippen molar-refractivity contribution in [2.45, 2.75) is 51.5 Å². The van der Waals surface area contributed by atoms with Gasteiger partial charge in [0.1, 0.15) is 0 Å². The molecule has 1 saturated heterocycles. The first-order chi connectivity index (χ1) is 13.2. The molecule has 0 amide bonds. The number of nitrogens with zero attached hydrogens (tertiary/aromatic N) is 2. The van der Waals surface area contributed by atoms with Crippen molar-refractivity contribution in [3.05, 3.63) is 70.3 Å². The first-order valence-corrected chi connectivity index (χ1v) is 10.2. The maximum Gasteiger partial charge on any atom is 0.0704 e. The first-order valence-electron chi connectivity index (χ1n) is 10.2. The van der Waals surface area contributed by atoms with Crippen molar-refractivity contribution >= 4 is 5.71 Å². The van der Waals surface area contributed by atoms with E-state index in [9.17, 15) is 0 Å². The average molecular weight is 363 g/mol. The van der Waals surface area contributed by atoms with E-state index >= 15 is 0 Å². The third kappa shape index (κ3) is 4.24. The zero-order chi connectivity index (χ0) is 18.6. The predicted molar refractivity (Wildman–Crippen MR) is 112 cm³/mol. The van der Waals surface area contributed by atoms with Crippen LogP contribution in [0, 0.1) is 0 Å². The highest BCUT2D eigenvalue weighted by Crippen LogP contribution is 2.22. The molecule has 1 heterocycles. The second-order valence-corrected chi connectivity index (χ2v) is 7.91. The van der Waals surface area contributed by atoms with Gasteiger partial charge in [0, 0.05) is 19.2 Å². The van der Waals surface area contributed by atoms with Gasteiger partial charge < -0.3 is 4.74 Å². The Morgan fingerprint density at radius 2 is 1.67 bits per heavy atom. The molecule has 2 aromatic carbocycles. The van der Waals surface area contributed by atoms with Crippen molar-refractivity contribution in [2.75, 3.05) is 20.3 Å². The molecule has 2 aromatic rings. The molecular formula is C24H30N2O. The van der Waals surface area contributed by atoms with Crippen LogP contribution < -0.4 is 0 Å². The summed E-state index contributed by atoms with van der Waals surface area (Å²) in [4.78, 5) is 0. The Balaban J connectivity index is 1.63. The molecule has 3 heteroatoms. The molecule has 4 bridgehead atoms. The van der Waals surface area contributed by atoms with Crippen molar-refractivity contribution in [1.82, 2.24) is 5.01 Å². The van der Waals surface area contributed by atoms with Crippen LogP contribution in [-0.2, 0) is 30.4 Å². The van der Waals surface area contributed by atoms with Crippen molar-refractivity contribution < 1.29 is 4.74 Å². The normalized spacial score (nSPS) is 20.0. The van der Waals surface area contributed by atoms with Crippen molar-refractivity contribution in [1.29, 1.82) is 0 Å². The Morgan fingerprint density at radius 3 is 2.41 bits per heavy atom. The van der Waals surface area contributed by atoms with Crippen LogP contribution >= 0.6 is 0 Å². The molecule has 0 unspecified atom stereocenters. The second-order valence-electron chi connectivity index (χ2n) is 7.91. The van der Waals surface area contributed by atoms with E-state index in [2.05, 4.69) is 54.4 Å². The van der Waals surface area contributed by atoms with Crippen LogP contribution in [0.5, 0.6) is 0 Å². The number of hydrogen-bond acceptors (Lipinski definition) is 3. The number of aryl methyl sites for hydroxylation is 4. The van der Waals surface area contributed by atoms with E-state index < -0.39 is 0 Å². The van der Waals surface area contributed by atoms with E-state index in [0.717, 1.165) is 44.5 Å². The quantitative estimate of drug-likeness (QED) is 0.753. The standard InChI is InChI=1S/C24H30N2O/c1-18(25-26-15-3-4-23(26)17-27-2)24-16-21-10-9-19-5-7-20(8-6-19)11-13-22(24)14-12-21/h5-8,12,14,16,23H,3-4,9-11,13,15,17H2,1-2H3/b25-18+/t23-/m0/s1. The van der Waals surface area contributed by atoms with Gasteiger partial charge in [0.25, 0.3) is 0 Å². The number of rotatable bonds is 4. The molecule has 0 aromatic heterocycles. The summed E-state index contributed by atoms with van der Waals surface area (Å²) in [5.74, 6) is 0. The molecule has 0 N–H and O–H groups in total. The summed E-state index contributed by atoms with van der Waals surface area (Å²) in [6.45, 7) is 3.97. The predicted octanol–water partition coefficient (Wildman–Crippen LogP) is 4.41. The van der Waals surface area contributed by atoms with Gasteiger partial charge in [0.15, 0.2) is 0 Å². The fourth-order valence-electron chi connectivity index (χ4n) is 4.33. The Labute approximate surface area is 163 Å². The maximum atomic E-state index is 5.39. The lowest BCUT2D eigenvalue weighted by Gasteiger charge is -2.22. The van der Waals surface area contributed by atoms with Crippen LogP contribution in [0.1, 0.15) is 47.6 Å². The summed E-state index contributed by atoms with van der Waals surface area (Å²) >= 11 is 0. The third-order valence-electron chi connectivity index (χ3n) is 5.96.